The number of likely N-dealkylation sites (N-methyl/N-ethyl adjacent to an activating group) is 1. The Morgan fingerprint density at radius 1 is 1.04 bits per heavy atom. The highest BCUT2D eigenvalue weighted by Crippen LogP contribution is 2.28. The van der Waals surface area contributed by atoms with Crippen molar-refractivity contribution in [2.45, 2.75) is 78.7 Å². The summed E-state index contributed by atoms with van der Waals surface area (Å²) in [6.07, 6.45) is 2.15. The number of nitrogens with zero attached hydrogens (tertiary/aromatic N) is 3. The molecule has 0 aliphatic heterocycles. The van der Waals surface area contributed by atoms with Crippen molar-refractivity contribution in [2.24, 2.45) is 13.0 Å². The first-order valence-corrected chi connectivity index (χ1v) is 15.2. The molecule has 4 rings (SSSR count). The molecule has 0 aliphatic carbocycles. The van der Waals surface area contributed by atoms with Crippen LogP contribution in [0.25, 0.3) is 10.9 Å². The number of ether oxygens (including phenoxy) is 2. The highest BCUT2D eigenvalue weighted by Gasteiger charge is 2.34. The van der Waals surface area contributed by atoms with Gasteiger partial charge in [-0.15, -0.1) is 0 Å². The van der Waals surface area contributed by atoms with Gasteiger partial charge in [-0.25, -0.2) is 14.6 Å². The second-order valence-corrected chi connectivity index (χ2v) is 12.8. The Hall–Kier alpha value is -4.60. The van der Waals surface area contributed by atoms with E-state index in [1.54, 1.807) is 34.7 Å². The molecular weight excluding hydrogens is 572 g/mol. The molecule has 0 saturated heterocycles. The van der Waals surface area contributed by atoms with E-state index >= 15 is 0 Å². The van der Waals surface area contributed by atoms with E-state index < -0.39 is 29.7 Å². The SMILES string of the molecule is Cc1oc([C@@H](Cc2cn(C)c3ccccc23)NC(=O)[C@H](CC(C)C)N(C)C(=O)OC(C)(C)C)nc1C(=O)OCc1ccccc1. The van der Waals surface area contributed by atoms with Gasteiger partial charge in [0.05, 0.1) is 0 Å². The molecule has 0 radical (unpaired) electrons. The minimum atomic E-state index is -0.818. The second-order valence-electron chi connectivity index (χ2n) is 12.8. The van der Waals surface area contributed by atoms with Gasteiger partial charge in [0.15, 0.2) is 5.69 Å². The van der Waals surface area contributed by atoms with Gasteiger partial charge in [0.2, 0.25) is 11.8 Å². The molecule has 10 heteroatoms. The summed E-state index contributed by atoms with van der Waals surface area (Å²) < 4.78 is 19.1. The quantitative estimate of drug-likeness (QED) is 0.191. The molecule has 2 amide bonds. The Morgan fingerprint density at radius 2 is 1.71 bits per heavy atom. The number of oxazole rings is 1. The molecule has 0 spiro atoms. The van der Waals surface area contributed by atoms with Crippen molar-refractivity contribution >= 4 is 28.9 Å². The number of carbonyl (C=O) groups is 3. The van der Waals surface area contributed by atoms with Crippen molar-refractivity contribution in [2.75, 3.05) is 7.05 Å². The maximum Gasteiger partial charge on any atom is 0.410 e. The number of aromatic nitrogens is 2. The molecule has 2 aromatic heterocycles. The van der Waals surface area contributed by atoms with Crippen LogP contribution in [0.1, 0.15) is 80.3 Å². The minimum Gasteiger partial charge on any atom is -0.456 e. The maximum absolute atomic E-state index is 14.0. The van der Waals surface area contributed by atoms with Crippen molar-refractivity contribution in [1.29, 1.82) is 0 Å². The van der Waals surface area contributed by atoms with E-state index in [4.69, 9.17) is 13.9 Å². The molecule has 0 aliphatic rings. The molecular formula is C35H44N4O6. The van der Waals surface area contributed by atoms with Crippen LogP contribution in [-0.4, -0.2) is 51.1 Å². The van der Waals surface area contributed by atoms with Gasteiger partial charge < -0.3 is 23.8 Å². The van der Waals surface area contributed by atoms with E-state index in [1.165, 1.54) is 4.90 Å². The van der Waals surface area contributed by atoms with E-state index in [1.807, 2.05) is 86.3 Å². The number of carbonyl (C=O) groups excluding carboxylic acids is 3. The van der Waals surface area contributed by atoms with Crippen LogP contribution in [0, 0.1) is 12.8 Å². The van der Waals surface area contributed by atoms with Crippen molar-refractivity contribution in [1.82, 2.24) is 19.8 Å². The van der Waals surface area contributed by atoms with Crippen LogP contribution in [0.4, 0.5) is 4.79 Å². The minimum absolute atomic E-state index is 0.0442. The lowest BCUT2D eigenvalue weighted by Gasteiger charge is -2.31. The van der Waals surface area contributed by atoms with E-state index in [2.05, 4.69) is 10.3 Å². The fourth-order valence-corrected chi connectivity index (χ4v) is 5.17. The van der Waals surface area contributed by atoms with E-state index in [9.17, 15) is 14.4 Å². The van der Waals surface area contributed by atoms with Crippen LogP contribution < -0.4 is 5.32 Å². The number of hydrogen-bond acceptors (Lipinski definition) is 7. The molecule has 10 nitrogen and oxygen atoms in total. The highest BCUT2D eigenvalue weighted by atomic mass is 16.6. The number of rotatable bonds is 11. The molecule has 2 atom stereocenters. The van der Waals surface area contributed by atoms with Gasteiger partial charge in [0.25, 0.3) is 0 Å². The van der Waals surface area contributed by atoms with E-state index in [0.29, 0.717) is 12.8 Å². The number of benzene rings is 2. The third-order valence-corrected chi connectivity index (χ3v) is 7.38. The van der Waals surface area contributed by atoms with Crippen LogP contribution in [0.15, 0.2) is 65.2 Å². The largest absolute Gasteiger partial charge is 0.456 e. The monoisotopic (exact) mass is 616 g/mol. The van der Waals surface area contributed by atoms with E-state index in [-0.39, 0.29) is 35.8 Å². The average molecular weight is 617 g/mol. The van der Waals surface area contributed by atoms with Crippen LogP contribution in [0.5, 0.6) is 0 Å². The lowest BCUT2D eigenvalue weighted by Crippen LogP contribution is -2.50. The van der Waals surface area contributed by atoms with Crippen LogP contribution >= 0.6 is 0 Å². The Kier molecular flexibility index (Phi) is 10.4. The normalized spacial score (nSPS) is 13.0. The molecule has 2 heterocycles. The molecule has 45 heavy (non-hydrogen) atoms. The molecule has 0 bridgehead atoms. The third kappa shape index (κ3) is 8.53. The van der Waals surface area contributed by atoms with Gasteiger partial charge in [0.1, 0.15) is 30.1 Å². The summed E-state index contributed by atoms with van der Waals surface area (Å²) in [6, 6.07) is 15.8. The van der Waals surface area contributed by atoms with Crippen LogP contribution in [0.2, 0.25) is 0 Å². The van der Waals surface area contributed by atoms with Crippen molar-refractivity contribution in [3.8, 4) is 0 Å². The smallest absolute Gasteiger partial charge is 0.410 e. The Labute approximate surface area is 264 Å². The number of hydrogen-bond donors (Lipinski definition) is 1. The molecule has 4 aromatic rings. The Balaban J connectivity index is 1.65. The maximum atomic E-state index is 14.0. The van der Waals surface area contributed by atoms with Gasteiger partial charge in [-0.2, -0.15) is 0 Å². The second kappa shape index (κ2) is 14.0. The zero-order chi connectivity index (χ0) is 32.9. The Morgan fingerprint density at radius 3 is 2.38 bits per heavy atom. The van der Waals surface area contributed by atoms with Crippen molar-refractivity contribution < 1.29 is 28.3 Å². The molecule has 1 N–H and O–H groups in total. The first-order chi connectivity index (χ1) is 21.2. The van der Waals surface area contributed by atoms with Crippen LogP contribution in [0.3, 0.4) is 0 Å². The number of nitrogens with one attached hydrogen (secondary N) is 1. The summed E-state index contributed by atoms with van der Waals surface area (Å²) in [5.41, 5.74) is 2.17. The average Bonchev–Trinajstić information content (AvgIpc) is 3.52. The zero-order valence-corrected chi connectivity index (χ0v) is 27.4. The predicted octanol–water partition coefficient (Wildman–Crippen LogP) is 6.51. The van der Waals surface area contributed by atoms with Crippen molar-refractivity contribution in [3.63, 3.8) is 0 Å². The number of esters is 1. The van der Waals surface area contributed by atoms with Gasteiger partial charge >= 0.3 is 12.1 Å². The van der Waals surface area contributed by atoms with Gasteiger partial charge in [-0.05, 0) is 57.2 Å². The number of fused-ring (bicyclic) bond motifs is 1. The van der Waals surface area contributed by atoms with Gasteiger partial charge in [-0.3, -0.25) is 9.69 Å². The zero-order valence-electron chi connectivity index (χ0n) is 27.4. The Bertz CT molecular complexity index is 1630. The summed E-state index contributed by atoms with van der Waals surface area (Å²) in [4.78, 5) is 45.9. The number of aryl methyl sites for hydroxylation is 2. The lowest BCUT2D eigenvalue weighted by atomic mass is 10.0. The summed E-state index contributed by atoms with van der Waals surface area (Å²) >= 11 is 0. The number of amides is 2. The van der Waals surface area contributed by atoms with Crippen molar-refractivity contribution in [3.05, 3.63) is 89.3 Å². The van der Waals surface area contributed by atoms with Gasteiger partial charge in [0, 0.05) is 37.6 Å². The molecule has 240 valence electrons. The number of para-hydroxylation sites is 1. The highest BCUT2D eigenvalue weighted by molar-refractivity contribution is 5.89. The fraction of sp³-hybridized carbons (Fsp3) is 0.429. The van der Waals surface area contributed by atoms with Gasteiger partial charge in [-0.1, -0.05) is 62.4 Å². The molecule has 0 unspecified atom stereocenters. The fourth-order valence-electron chi connectivity index (χ4n) is 5.17. The van der Waals surface area contributed by atoms with E-state index in [0.717, 1.165) is 22.0 Å². The third-order valence-electron chi connectivity index (χ3n) is 7.38. The summed E-state index contributed by atoms with van der Waals surface area (Å²) in [6.45, 7) is 11.1. The molecule has 0 fully saturated rings. The summed E-state index contributed by atoms with van der Waals surface area (Å²) in [7, 11) is 3.53. The summed E-state index contributed by atoms with van der Waals surface area (Å²) in [5, 5.41) is 4.11. The predicted molar refractivity (Wildman–Crippen MR) is 172 cm³/mol. The summed E-state index contributed by atoms with van der Waals surface area (Å²) in [5.74, 6) is -0.444. The lowest BCUT2D eigenvalue weighted by molar-refractivity contribution is -0.127. The topological polar surface area (TPSA) is 116 Å². The standard InChI is InChI=1S/C35H44N4O6/c1-22(2)18-29(39(8)34(42)45-35(4,5)6)31(40)36-27(19-25-20-38(7)28-17-13-12-16-26(25)28)32-37-30(23(3)44-32)33(41)43-21-24-14-10-9-11-15-24/h9-17,20,22,27,29H,18-19,21H2,1-8H3,(H,36,40)/t27-,29+/m1/s1. The first kappa shape index (κ1) is 33.3. The first-order valence-electron chi connectivity index (χ1n) is 15.2. The molecule has 2 aromatic carbocycles. The van der Waals surface area contributed by atoms with Crippen LogP contribution in [-0.2, 0) is 34.3 Å². The molecule has 0 saturated carbocycles.